The maximum Gasteiger partial charge on any atom is 0.271 e. The Balaban J connectivity index is 2.02. The predicted molar refractivity (Wildman–Crippen MR) is 97.9 cm³/mol. The first-order valence-electron chi connectivity index (χ1n) is 8.30. The number of carbonyl (C=O) groups excluding carboxylic acids is 1. The summed E-state index contributed by atoms with van der Waals surface area (Å²) in [5.41, 5.74) is 2.43. The van der Waals surface area contributed by atoms with Crippen LogP contribution in [0, 0.1) is 0 Å². The van der Waals surface area contributed by atoms with Gasteiger partial charge in [-0.3, -0.25) is 4.79 Å². The van der Waals surface area contributed by atoms with Crippen molar-refractivity contribution in [2.75, 3.05) is 23.3 Å². The number of hydrogen-bond donors (Lipinski definition) is 2. The number of nitrogens with one attached hydrogen (secondary N) is 2. The lowest BCUT2D eigenvalue weighted by Crippen LogP contribution is -2.30. The van der Waals surface area contributed by atoms with Gasteiger partial charge in [0.25, 0.3) is 5.91 Å². The van der Waals surface area contributed by atoms with Crippen LogP contribution in [-0.2, 0) is 0 Å². The summed E-state index contributed by atoms with van der Waals surface area (Å²) >= 11 is 0. The molecule has 0 unspecified atom stereocenters. The van der Waals surface area contributed by atoms with E-state index in [2.05, 4.69) is 51.7 Å². The summed E-state index contributed by atoms with van der Waals surface area (Å²) in [6, 6.07) is 11.7. The fourth-order valence-corrected chi connectivity index (χ4v) is 2.35. The van der Waals surface area contributed by atoms with Gasteiger partial charge in [0.15, 0.2) is 11.5 Å². The number of anilines is 3. The lowest BCUT2D eigenvalue weighted by Gasteiger charge is -2.21. The van der Waals surface area contributed by atoms with Crippen molar-refractivity contribution in [2.24, 2.45) is 0 Å². The van der Waals surface area contributed by atoms with Crippen LogP contribution in [0.25, 0.3) is 0 Å². The summed E-state index contributed by atoms with van der Waals surface area (Å²) in [7, 11) is 0. The van der Waals surface area contributed by atoms with Gasteiger partial charge in [-0.05, 0) is 64.1 Å². The Bertz CT molecular complexity index is 648. The number of hydrogen-bond acceptors (Lipinski definition) is 5. The minimum atomic E-state index is -0.215. The fraction of sp³-hybridized carbons (Fsp3) is 0.389. The molecule has 128 valence electrons. The van der Waals surface area contributed by atoms with E-state index in [0.29, 0.717) is 11.5 Å². The van der Waals surface area contributed by atoms with E-state index in [0.717, 1.165) is 18.8 Å². The van der Waals surface area contributed by atoms with Gasteiger partial charge < -0.3 is 15.5 Å². The lowest BCUT2D eigenvalue weighted by molar-refractivity contribution is 0.0937. The highest BCUT2D eigenvalue weighted by Gasteiger charge is 2.09. The van der Waals surface area contributed by atoms with E-state index in [1.54, 1.807) is 12.1 Å². The first kappa shape index (κ1) is 17.7. The third-order valence-electron chi connectivity index (χ3n) is 3.59. The number of nitrogens with zero attached hydrogens (tertiary/aromatic N) is 3. The van der Waals surface area contributed by atoms with Gasteiger partial charge in [0.05, 0.1) is 0 Å². The zero-order valence-corrected chi connectivity index (χ0v) is 14.7. The molecule has 0 fully saturated rings. The van der Waals surface area contributed by atoms with Crippen molar-refractivity contribution in [3.05, 3.63) is 42.1 Å². The molecule has 0 saturated carbocycles. The van der Waals surface area contributed by atoms with Crippen LogP contribution in [0.5, 0.6) is 0 Å². The highest BCUT2D eigenvalue weighted by molar-refractivity contribution is 5.92. The normalized spacial score (nSPS) is 10.5. The van der Waals surface area contributed by atoms with Crippen LogP contribution in [0.2, 0.25) is 0 Å². The number of amides is 1. The highest BCUT2D eigenvalue weighted by atomic mass is 16.2. The van der Waals surface area contributed by atoms with E-state index < -0.39 is 0 Å². The number of rotatable bonds is 7. The van der Waals surface area contributed by atoms with Crippen LogP contribution < -0.4 is 15.5 Å². The molecule has 6 heteroatoms. The Kier molecular flexibility index (Phi) is 6.12. The van der Waals surface area contributed by atoms with Gasteiger partial charge >= 0.3 is 0 Å². The Morgan fingerprint density at radius 3 is 2.21 bits per heavy atom. The SMILES string of the molecule is CCN(CC)c1ccc(Nc2ccc(C(=O)NC(C)C)nn2)cc1. The molecule has 0 bridgehead atoms. The second-order valence-corrected chi connectivity index (χ2v) is 5.78. The second kappa shape index (κ2) is 8.29. The number of aromatic nitrogens is 2. The molecule has 2 aromatic rings. The van der Waals surface area contributed by atoms with Crippen LogP contribution in [0.4, 0.5) is 17.2 Å². The van der Waals surface area contributed by atoms with Crippen molar-refractivity contribution >= 4 is 23.1 Å². The highest BCUT2D eigenvalue weighted by Crippen LogP contribution is 2.20. The first-order valence-corrected chi connectivity index (χ1v) is 8.30. The van der Waals surface area contributed by atoms with E-state index in [-0.39, 0.29) is 11.9 Å². The van der Waals surface area contributed by atoms with Crippen LogP contribution >= 0.6 is 0 Å². The monoisotopic (exact) mass is 327 g/mol. The first-order chi connectivity index (χ1) is 11.5. The molecule has 1 aromatic heterocycles. The van der Waals surface area contributed by atoms with Crippen LogP contribution in [0.15, 0.2) is 36.4 Å². The van der Waals surface area contributed by atoms with E-state index in [4.69, 9.17) is 0 Å². The molecular formula is C18H25N5O. The molecule has 24 heavy (non-hydrogen) atoms. The molecule has 2 rings (SSSR count). The van der Waals surface area contributed by atoms with E-state index in [1.807, 2.05) is 26.0 Å². The van der Waals surface area contributed by atoms with Gasteiger partial charge in [0.1, 0.15) is 0 Å². The van der Waals surface area contributed by atoms with Crippen molar-refractivity contribution in [1.29, 1.82) is 0 Å². The maximum absolute atomic E-state index is 11.8. The largest absolute Gasteiger partial charge is 0.372 e. The summed E-state index contributed by atoms with van der Waals surface area (Å²) < 4.78 is 0. The summed E-state index contributed by atoms with van der Waals surface area (Å²) in [6.45, 7) is 10.1. The molecule has 0 atom stereocenters. The Labute approximate surface area is 143 Å². The van der Waals surface area contributed by atoms with Crippen LogP contribution in [0.1, 0.15) is 38.2 Å². The predicted octanol–water partition coefficient (Wildman–Crippen LogP) is 3.20. The topological polar surface area (TPSA) is 70.2 Å². The fourth-order valence-electron chi connectivity index (χ4n) is 2.35. The molecule has 0 aliphatic rings. The molecular weight excluding hydrogens is 302 g/mol. The Morgan fingerprint density at radius 1 is 1.04 bits per heavy atom. The number of benzene rings is 1. The molecule has 0 radical (unpaired) electrons. The van der Waals surface area contributed by atoms with Gasteiger partial charge in [0, 0.05) is 30.5 Å². The van der Waals surface area contributed by atoms with Crippen molar-refractivity contribution < 1.29 is 4.79 Å². The quantitative estimate of drug-likeness (QED) is 0.817. The molecule has 1 aromatic carbocycles. The van der Waals surface area contributed by atoms with Gasteiger partial charge in [0.2, 0.25) is 0 Å². The Morgan fingerprint density at radius 2 is 1.71 bits per heavy atom. The van der Waals surface area contributed by atoms with Gasteiger partial charge in [-0.15, -0.1) is 10.2 Å². The third kappa shape index (κ3) is 4.68. The lowest BCUT2D eigenvalue weighted by atomic mass is 10.2. The average Bonchev–Trinajstić information content (AvgIpc) is 2.57. The summed E-state index contributed by atoms with van der Waals surface area (Å²) in [5, 5.41) is 14.0. The molecule has 2 N–H and O–H groups in total. The van der Waals surface area contributed by atoms with Crippen molar-refractivity contribution in [3.63, 3.8) is 0 Å². The summed E-state index contributed by atoms with van der Waals surface area (Å²) in [6.07, 6.45) is 0. The molecule has 0 spiro atoms. The minimum absolute atomic E-state index is 0.0708. The smallest absolute Gasteiger partial charge is 0.271 e. The van der Waals surface area contributed by atoms with Crippen molar-refractivity contribution in [3.8, 4) is 0 Å². The van der Waals surface area contributed by atoms with Gasteiger partial charge in [-0.1, -0.05) is 0 Å². The zero-order valence-electron chi connectivity index (χ0n) is 14.7. The molecule has 0 aliphatic heterocycles. The maximum atomic E-state index is 11.8. The zero-order chi connectivity index (χ0) is 17.5. The third-order valence-corrected chi connectivity index (χ3v) is 3.59. The summed E-state index contributed by atoms with van der Waals surface area (Å²) in [5.74, 6) is 0.388. The molecule has 0 saturated heterocycles. The molecule has 6 nitrogen and oxygen atoms in total. The van der Waals surface area contributed by atoms with Crippen molar-refractivity contribution in [2.45, 2.75) is 33.7 Å². The van der Waals surface area contributed by atoms with E-state index >= 15 is 0 Å². The summed E-state index contributed by atoms with van der Waals surface area (Å²) in [4.78, 5) is 14.1. The van der Waals surface area contributed by atoms with Crippen LogP contribution in [0.3, 0.4) is 0 Å². The van der Waals surface area contributed by atoms with Gasteiger partial charge in [-0.2, -0.15) is 0 Å². The average molecular weight is 327 g/mol. The van der Waals surface area contributed by atoms with Gasteiger partial charge in [-0.25, -0.2) is 0 Å². The molecule has 1 amide bonds. The number of carbonyl (C=O) groups is 1. The van der Waals surface area contributed by atoms with E-state index in [1.165, 1.54) is 5.69 Å². The second-order valence-electron chi connectivity index (χ2n) is 5.78. The van der Waals surface area contributed by atoms with Crippen molar-refractivity contribution in [1.82, 2.24) is 15.5 Å². The molecule has 0 aliphatic carbocycles. The minimum Gasteiger partial charge on any atom is -0.372 e. The van der Waals surface area contributed by atoms with Crippen LogP contribution in [-0.4, -0.2) is 35.2 Å². The Hall–Kier alpha value is -2.63. The van der Waals surface area contributed by atoms with E-state index in [9.17, 15) is 4.79 Å². The standard InChI is InChI=1S/C18H25N5O/c1-5-23(6-2)15-9-7-14(8-10-15)20-17-12-11-16(21-22-17)18(24)19-13(3)4/h7-13H,5-6H2,1-4H3,(H,19,24)(H,20,22). The molecule has 1 heterocycles.